The van der Waals surface area contributed by atoms with Gasteiger partial charge in [0.1, 0.15) is 0 Å². The second-order valence-electron chi connectivity index (χ2n) is 8.11. The van der Waals surface area contributed by atoms with E-state index >= 15 is 0 Å². The second-order valence-corrected chi connectivity index (χ2v) is 8.11. The smallest absolute Gasteiger partial charge is 0.0574 e. The van der Waals surface area contributed by atoms with E-state index in [4.69, 9.17) is 0 Å². The summed E-state index contributed by atoms with van der Waals surface area (Å²) < 4.78 is 0. The highest BCUT2D eigenvalue weighted by molar-refractivity contribution is 5.82. The van der Waals surface area contributed by atoms with Crippen LogP contribution in [0.1, 0.15) is 36.1 Å². The first-order valence-electron chi connectivity index (χ1n) is 10.8. The highest BCUT2D eigenvalue weighted by Gasteiger charge is 2.30. The average molecular weight is 401 g/mol. The van der Waals surface area contributed by atoms with Crippen molar-refractivity contribution >= 4 is 5.57 Å². The zero-order chi connectivity index (χ0) is 21.5. The van der Waals surface area contributed by atoms with E-state index in [-0.39, 0.29) is 5.41 Å². The van der Waals surface area contributed by atoms with Gasteiger partial charge in [-0.25, -0.2) is 0 Å². The minimum Gasteiger partial charge on any atom is -0.0789 e. The van der Waals surface area contributed by atoms with Crippen molar-refractivity contribution in [1.82, 2.24) is 0 Å². The van der Waals surface area contributed by atoms with Crippen LogP contribution in [0.2, 0.25) is 0 Å². The Balaban J connectivity index is 2.08. The molecule has 0 aliphatic rings. The molecule has 0 N–H and O–H groups in total. The summed E-state index contributed by atoms with van der Waals surface area (Å²) in [6, 6.07) is 43.0. The molecular formula is C31H28. The number of hydrogen-bond acceptors (Lipinski definition) is 0. The first kappa shape index (κ1) is 20.6. The lowest BCUT2D eigenvalue weighted by molar-refractivity contribution is 0.807. The van der Waals surface area contributed by atoms with Gasteiger partial charge in [-0.05, 0) is 41.7 Å². The van der Waals surface area contributed by atoms with Crippen LogP contribution in [0.5, 0.6) is 0 Å². The van der Waals surface area contributed by atoms with Crippen LogP contribution in [0.3, 0.4) is 0 Å². The number of allylic oxidation sites excluding steroid dienone is 3. The molecular weight excluding hydrogens is 372 g/mol. The number of benzene rings is 4. The molecule has 31 heavy (non-hydrogen) atoms. The second kappa shape index (κ2) is 9.45. The maximum atomic E-state index is 2.44. The van der Waals surface area contributed by atoms with Crippen LogP contribution in [-0.4, -0.2) is 0 Å². The first-order valence-corrected chi connectivity index (χ1v) is 10.8. The van der Waals surface area contributed by atoms with Gasteiger partial charge in [-0.15, -0.1) is 0 Å². The van der Waals surface area contributed by atoms with E-state index in [2.05, 4.69) is 147 Å². The van der Waals surface area contributed by atoms with Gasteiger partial charge >= 0.3 is 0 Å². The third-order valence-corrected chi connectivity index (χ3v) is 5.56. The van der Waals surface area contributed by atoms with Crippen molar-refractivity contribution in [1.29, 1.82) is 0 Å². The zero-order valence-corrected chi connectivity index (χ0v) is 18.2. The Labute approximate surface area is 186 Å². The topological polar surface area (TPSA) is 0 Å². The quantitative estimate of drug-likeness (QED) is 0.287. The van der Waals surface area contributed by atoms with Crippen molar-refractivity contribution in [3.8, 4) is 0 Å². The van der Waals surface area contributed by atoms with Crippen molar-refractivity contribution in [2.24, 2.45) is 0 Å². The van der Waals surface area contributed by atoms with Crippen LogP contribution in [-0.2, 0) is 5.41 Å². The van der Waals surface area contributed by atoms with Crippen molar-refractivity contribution in [3.63, 3.8) is 0 Å². The predicted octanol–water partition coefficient (Wildman–Crippen LogP) is 8.07. The van der Waals surface area contributed by atoms with E-state index in [1.807, 2.05) is 0 Å². The van der Waals surface area contributed by atoms with Crippen LogP contribution >= 0.6 is 0 Å². The largest absolute Gasteiger partial charge is 0.0789 e. The molecule has 0 aliphatic carbocycles. The first-order chi connectivity index (χ1) is 15.2. The van der Waals surface area contributed by atoms with Crippen molar-refractivity contribution in [2.45, 2.75) is 19.3 Å². The normalized spacial score (nSPS) is 10.9. The van der Waals surface area contributed by atoms with Gasteiger partial charge in [-0.1, -0.05) is 139 Å². The van der Waals surface area contributed by atoms with E-state index in [0.29, 0.717) is 0 Å². The maximum Gasteiger partial charge on any atom is 0.0574 e. The summed E-state index contributed by atoms with van der Waals surface area (Å²) in [6.07, 6.45) is 4.83. The lowest BCUT2D eigenvalue weighted by Crippen LogP contribution is -2.24. The fourth-order valence-corrected chi connectivity index (χ4v) is 4.22. The summed E-state index contributed by atoms with van der Waals surface area (Å²) in [5.41, 5.74) is 7.07. The van der Waals surface area contributed by atoms with Crippen molar-refractivity contribution in [3.05, 3.63) is 161 Å². The van der Waals surface area contributed by atoms with Crippen molar-refractivity contribution in [2.75, 3.05) is 0 Å². The minimum atomic E-state index is -0.387. The average Bonchev–Trinajstić information content (AvgIpc) is 2.84. The van der Waals surface area contributed by atoms with Gasteiger partial charge in [0.05, 0.1) is 5.41 Å². The zero-order valence-electron chi connectivity index (χ0n) is 18.2. The maximum absolute atomic E-state index is 2.44. The highest BCUT2D eigenvalue weighted by Crippen LogP contribution is 2.40. The van der Waals surface area contributed by atoms with E-state index in [1.165, 1.54) is 33.4 Å². The Morgan fingerprint density at radius 1 is 0.484 bits per heavy atom. The summed E-state index contributed by atoms with van der Waals surface area (Å²) in [5.74, 6) is 0. The van der Waals surface area contributed by atoms with Crippen LogP contribution in [0.25, 0.3) is 5.57 Å². The molecule has 0 atom stereocenters. The van der Waals surface area contributed by atoms with Gasteiger partial charge in [0.15, 0.2) is 0 Å². The Morgan fingerprint density at radius 3 is 1.19 bits per heavy atom. The van der Waals surface area contributed by atoms with Gasteiger partial charge in [-0.2, -0.15) is 0 Å². The molecule has 0 spiro atoms. The molecule has 0 heterocycles. The molecule has 0 aliphatic heterocycles. The van der Waals surface area contributed by atoms with E-state index < -0.39 is 0 Å². The molecule has 152 valence electrons. The van der Waals surface area contributed by atoms with Gasteiger partial charge in [-0.3, -0.25) is 0 Å². The molecule has 0 radical (unpaired) electrons. The standard InChI is InChI=1S/C31H28/c1-25(2)23-31(28-19-11-5-12-20-28,29-21-13-6-14-22-29)24-30(26-15-7-3-8-16-26)27-17-9-4-10-18-27/h3-24H,1-2H3. The fraction of sp³-hybridized carbons (Fsp3) is 0.0968. The Hall–Kier alpha value is -3.64. The molecule has 0 heteroatoms. The molecule has 0 bridgehead atoms. The summed E-state index contributed by atoms with van der Waals surface area (Å²) in [7, 11) is 0. The van der Waals surface area contributed by atoms with Crippen molar-refractivity contribution < 1.29 is 0 Å². The van der Waals surface area contributed by atoms with Gasteiger partial charge in [0.25, 0.3) is 0 Å². The summed E-state index contributed by atoms with van der Waals surface area (Å²) in [6.45, 7) is 4.36. The third-order valence-electron chi connectivity index (χ3n) is 5.56. The Kier molecular flexibility index (Phi) is 6.29. The SMILES string of the molecule is CC(C)=CC(C=C(c1ccccc1)c1ccccc1)(c1ccccc1)c1ccccc1. The molecule has 4 aromatic rings. The van der Waals surface area contributed by atoms with Gasteiger partial charge in [0, 0.05) is 0 Å². The molecule has 0 fully saturated rings. The molecule has 0 saturated heterocycles. The lowest BCUT2D eigenvalue weighted by atomic mass is 9.71. The van der Waals surface area contributed by atoms with Gasteiger partial charge in [0.2, 0.25) is 0 Å². The lowest BCUT2D eigenvalue weighted by Gasteiger charge is -2.31. The summed E-state index contributed by atoms with van der Waals surface area (Å²) in [4.78, 5) is 0. The van der Waals surface area contributed by atoms with E-state index in [9.17, 15) is 0 Å². The monoisotopic (exact) mass is 400 g/mol. The predicted molar refractivity (Wildman–Crippen MR) is 133 cm³/mol. The molecule has 0 amide bonds. The molecule has 0 nitrogen and oxygen atoms in total. The fourth-order valence-electron chi connectivity index (χ4n) is 4.22. The summed E-state index contributed by atoms with van der Waals surface area (Å²) >= 11 is 0. The van der Waals surface area contributed by atoms with E-state index in [1.54, 1.807) is 0 Å². The Morgan fingerprint density at radius 2 is 0.839 bits per heavy atom. The molecule has 0 unspecified atom stereocenters. The van der Waals surface area contributed by atoms with Crippen LogP contribution in [0, 0.1) is 0 Å². The number of hydrogen-bond donors (Lipinski definition) is 0. The molecule has 0 saturated carbocycles. The number of rotatable bonds is 6. The van der Waals surface area contributed by atoms with Crippen LogP contribution < -0.4 is 0 Å². The third kappa shape index (κ3) is 4.59. The molecule has 4 rings (SSSR count). The Bertz CT molecular complexity index is 1070. The summed E-state index contributed by atoms with van der Waals surface area (Å²) in [5, 5.41) is 0. The highest BCUT2D eigenvalue weighted by atomic mass is 14.3. The molecule has 4 aromatic carbocycles. The van der Waals surface area contributed by atoms with Crippen LogP contribution in [0.4, 0.5) is 0 Å². The van der Waals surface area contributed by atoms with Crippen LogP contribution in [0.15, 0.2) is 139 Å². The van der Waals surface area contributed by atoms with E-state index in [0.717, 1.165) is 0 Å². The van der Waals surface area contributed by atoms with Gasteiger partial charge < -0.3 is 0 Å². The molecule has 0 aromatic heterocycles. The minimum absolute atomic E-state index is 0.387.